The van der Waals surface area contributed by atoms with E-state index in [-0.39, 0.29) is 0 Å². The van der Waals surface area contributed by atoms with Crippen molar-refractivity contribution in [1.29, 1.82) is 0 Å². The molecule has 0 unspecified atom stereocenters. The van der Waals surface area contributed by atoms with Gasteiger partial charge in [-0.2, -0.15) is 0 Å². The molecule has 0 atom stereocenters. The quantitative estimate of drug-likeness (QED) is 0.228. The first kappa shape index (κ1) is 24.3. The standard InChI is InChI=1S/C39H26N2OS/c1-2-8-25(9-3-1)26-15-17-27(18-16-26)41(28-19-22-37-33(24-28)29-10-4-5-14-36(29)42-37)35-13-6-11-30-31-20-21-34-32(12-7-23-40-34)38(31)43-39(30)35/h1-22,24,40H,23H2. The maximum atomic E-state index is 6.20. The van der Waals surface area contributed by atoms with Crippen LogP contribution >= 0.6 is 11.3 Å². The highest BCUT2D eigenvalue weighted by Gasteiger charge is 2.21. The van der Waals surface area contributed by atoms with Crippen molar-refractivity contribution in [3.05, 3.63) is 139 Å². The molecule has 43 heavy (non-hydrogen) atoms. The summed E-state index contributed by atoms with van der Waals surface area (Å²) in [6, 6.07) is 45.5. The van der Waals surface area contributed by atoms with Gasteiger partial charge in [0.1, 0.15) is 11.2 Å². The Bertz CT molecular complexity index is 2350. The maximum absolute atomic E-state index is 6.20. The summed E-state index contributed by atoms with van der Waals surface area (Å²) >= 11 is 1.88. The molecule has 0 spiro atoms. The zero-order valence-electron chi connectivity index (χ0n) is 23.2. The summed E-state index contributed by atoms with van der Waals surface area (Å²) in [4.78, 5) is 2.40. The Morgan fingerprint density at radius 3 is 2.23 bits per heavy atom. The van der Waals surface area contributed by atoms with Gasteiger partial charge in [0.05, 0.1) is 10.4 Å². The number of anilines is 4. The van der Waals surface area contributed by atoms with Crippen LogP contribution < -0.4 is 10.2 Å². The Kier molecular flexibility index (Phi) is 5.43. The molecule has 3 nitrogen and oxygen atoms in total. The number of nitrogens with zero attached hydrogens (tertiary/aromatic N) is 1. The first-order valence-electron chi connectivity index (χ1n) is 14.6. The lowest BCUT2D eigenvalue weighted by Gasteiger charge is -2.26. The number of furan rings is 1. The number of benzene rings is 6. The number of hydrogen-bond acceptors (Lipinski definition) is 4. The smallest absolute Gasteiger partial charge is 0.135 e. The number of nitrogens with one attached hydrogen (secondary N) is 1. The van der Waals surface area contributed by atoms with Crippen LogP contribution in [0, 0.1) is 0 Å². The molecule has 0 fully saturated rings. The third kappa shape index (κ3) is 3.88. The van der Waals surface area contributed by atoms with E-state index in [1.165, 1.54) is 48.2 Å². The number of thiophene rings is 1. The van der Waals surface area contributed by atoms with Gasteiger partial charge < -0.3 is 14.6 Å². The lowest BCUT2D eigenvalue weighted by molar-refractivity contribution is 0.669. The monoisotopic (exact) mass is 570 g/mol. The summed E-state index contributed by atoms with van der Waals surface area (Å²) in [5.41, 5.74) is 10.1. The third-order valence-electron chi connectivity index (χ3n) is 8.47. The van der Waals surface area contributed by atoms with Gasteiger partial charge in [-0.1, -0.05) is 91.0 Å². The van der Waals surface area contributed by atoms with Crippen molar-refractivity contribution >= 4 is 82.3 Å². The minimum absolute atomic E-state index is 0.868. The van der Waals surface area contributed by atoms with Crippen molar-refractivity contribution < 1.29 is 4.42 Å². The summed E-state index contributed by atoms with van der Waals surface area (Å²) in [6.07, 6.45) is 4.47. The summed E-state index contributed by atoms with van der Waals surface area (Å²) in [5, 5.41) is 8.36. The summed E-state index contributed by atoms with van der Waals surface area (Å²) in [7, 11) is 0. The fourth-order valence-electron chi connectivity index (χ4n) is 6.42. The number of para-hydroxylation sites is 1. The lowest BCUT2D eigenvalue weighted by atomic mass is 10.0. The Labute approximate surface area is 252 Å². The molecule has 204 valence electrons. The SMILES string of the molecule is C1=Cc2c(ccc3c2sc2c(N(c4ccc(-c5ccccc5)cc4)c4ccc5oc6ccccc6c5c4)cccc23)NC1. The van der Waals surface area contributed by atoms with E-state index in [1.807, 2.05) is 23.5 Å². The van der Waals surface area contributed by atoms with Gasteiger partial charge in [-0.25, -0.2) is 0 Å². The number of rotatable bonds is 4. The maximum Gasteiger partial charge on any atom is 0.135 e. The Morgan fingerprint density at radius 2 is 1.33 bits per heavy atom. The van der Waals surface area contributed by atoms with E-state index in [9.17, 15) is 0 Å². The van der Waals surface area contributed by atoms with E-state index in [4.69, 9.17) is 4.42 Å². The molecule has 0 bridgehead atoms. The molecule has 1 aliphatic heterocycles. The largest absolute Gasteiger partial charge is 0.456 e. The van der Waals surface area contributed by atoms with Crippen LogP contribution in [0.4, 0.5) is 22.7 Å². The second-order valence-corrected chi connectivity index (χ2v) is 12.0. The van der Waals surface area contributed by atoms with E-state index < -0.39 is 0 Å². The van der Waals surface area contributed by atoms with Crippen LogP contribution in [0.15, 0.2) is 138 Å². The van der Waals surface area contributed by atoms with Gasteiger partial charge in [-0.3, -0.25) is 0 Å². The molecule has 0 amide bonds. The second-order valence-electron chi connectivity index (χ2n) is 11.0. The van der Waals surface area contributed by atoms with Gasteiger partial charge in [0.15, 0.2) is 0 Å². The highest BCUT2D eigenvalue weighted by Crippen LogP contribution is 2.47. The molecule has 3 heterocycles. The highest BCUT2D eigenvalue weighted by molar-refractivity contribution is 7.26. The molecule has 9 rings (SSSR count). The van der Waals surface area contributed by atoms with Crippen LogP contribution in [-0.2, 0) is 0 Å². The zero-order valence-corrected chi connectivity index (χ0v) is 24.1. The summed E-state index contributed by atoms with van der Waals surface area (Å²) in [5.74, 6) is 0. The zero-order chi connectivity index (χ0) is 28.3. The normalized spacial score (nSPS) is 12.7. The minimum Gasteiger partial charge on any atom is -0.456 e. The van der Waals surface area contributed by atoms with E-state index in [0.717, 1.165) is 39.9 Å². The van der Waals surface area contributed by atoms with Crippen molar-refractivity contribution in [2.45, 2.75) is 0 Å². The Morgan fingerprint density at radius 1 is 0.581 bits per heavy atom. The lowest BCUT2D eigenvalue weighted by Crippen LogP contribution is -2.10. The van der Waals surface area contributed by atoms with Gasteiger partial charge >= 0.3 is 0 Å². The van der Waals surface area contributed by atoms with Gasteiger partial charge in [-0.15, -0.1) is 11.3 Å². The summed E-state index contributed by atoms with van der Waals surface area (Å²) in [6.45, 7) is 0.868. The van der Waals surface area contributed by atoms with Crippen LogP contribution in [0.2, 0.25) is 0 Å². The average molecular weight is 571 g/mol. The molecule has 1 aliphatic rings. The third-order valence-corrected chi connectivity index (χ3v) is 9.75. The van der Waals surface area contributed by atoms with Crippen LogP contribution in [0.5, 0.6) is 0 Å². The van der Waals surface area contributed by atoms with Crippen molar-refractivity contribution in [2.24, 2.45) is 0 Å². The van der Waals surface area contributed by atoms with Gasteiger partial charge in [0.25, 0.3) is 0 Å². The van der Waals surface area contributed by atoms with Crippen molar-refractivity contribution in [3.8, 4) is 11.1 Å². The summed E-state index contributed by atoms with van der Waals surface area (Å²) < 4.78 is 8.79. The first-order chi connectivity index (χ1) is 21.3. The molecule has 0 radical (unpaired) electrons. The van der Waals surface area contributed by atoms with Gasteiger partial charge in [0, 0.05) is 55.4 Å². The second kappa shape index (κ2) is 9.62. The van der Waals surface area contributed by atoms with Crippen LogP contribution in [0.3, 0.4) is 0 Å². The van der Waals surface area contributed by atoms with E-state index in [0.29, 0.717) is 0 Å². The van der Waals surface area contributed by atoms with E-state index in [2.05, 4.69) is 138 Å². The molecule has 8 aromatic rings. The van der Waals surface area contributed by atoms with Gasteiger partial charge in [-0.05, 0) is 59.7 Å². The van der Waals surface area contributed by atoms with E-state index in [1.54, 1.807) is 0 Å². The number of fused-ring (bicyclic) bond motifs is 8. The van der Waals surface area contributed by atoms with Crippen molar-refractivity contribution in [3.63, 3.8) is 0 Å². The molecule has 2 aromatic heterocycles. The number of hydrogen-bond donors (Lipinski definition) is 1. The van der Waals surface area contributed by atoms with Crippen molar-refractivity contribution in [1.82, 2.24) is 0 Å². The molecule has 1 N–H and O–H groups in total. The fourth-order valence-corrected chi connectivity index (χ4v) is 7.76. The molecular weight excluding hydrogens is 545 g/mol. The predicted molar refractivity (Wildman–Crippen MR) is 184 cm³/mol. The predicted octanol–water partition coefficient (Wildman–Crippen LogP) is 11.5. The molecule has 0 saturated carbocycles. The Hall–Kier alpha value is -5.32. The van der Waals surface area contributed by atoms with Crippen LogP contribution in [-0.4, -0.2) is 6.54 Å². The molecule has 0 aliphatic carbocycles. The van der Waals surface area contributed by atoms with Crippen LogP contribution in [0.1, 0.15) is 5.56 Å². The average Bonchev–Trinajstić information content (AvgIpc) is 3.65. The molecule has 4 heteroatoms. The molecule has 6 aromatic carbocycles. The highest BCUT2D eigenvalue weighted by atomic mass is 32.1. The minimum atomic E-state index is 0.868. The first-order valence-corrected chi connectivity index (χ1v) is 15.4. The van der Waals surface area contributed by atoms with Crippen LogP contribution in [0.25, 0.3) is 59.3 Å². The van der Waals surface area contributed by atoms with Crippen molar-refractivity contribution in [2.75, 3.05) is 16.8 Å². The topological polar surface area (TPSA) is 28.4 Å². The Balaban J connectivity index is 1.29. The fraction of sp³-hybridized carbons (Fsp3) is 0.0256. The molecular formula is C39H26N2OS. The van der Waals surface area contributed by atoms with Gasteiger partial charge in [0.2, 0.25) is 0 Å². The molecule has 0 saturated heterocycles. The van der Waals surface area contributed by atoms with E-state index >= 15 is 0 Å².